The van der Waals surface area contributed by atoms with Crippen molar-refractivity contribution in [2.45, 2.75) is 19.3 Å². The van der Waals surface area contributed by atoms with E-state index in [4.69, 9.17) is 4.74 Å². The van der Waals surface area contributed by atoms with Gasteiger partial charge >= 0.3 is 12.4 Å². The molecule has 3 aromatic rings. The highest BCUT2D eigenvalue weighted by Crippen LogP contribution is 2.39. The van der Waals surface area contributed by atoms with Gasteiger partial charge in [-0.15, -0.1) is 0 Å². The molecule has 0 amide bonds. The molecule has 0 radical (unpaired) electrons. The van der Waals surface area contributed by atoms with Crippen molar-refractivity contribution < 1.29 is 31.1 Å². The molecule has 3 rings (SSSR count). The van der Waals surface area contributed by atoms with Crippen LogP contribution in [0.4, 0.5) is 26.3 Å². The van der Waals surface area contributed by atoms with Crippen LogP contribution in [0.25, 0.3) is 17.2 Å². The van der Waals surface area contributed by atoms with Crippen LogP contribution in [0.2, 0.25) is 0 Å². The third-order valence-corrected chi connectivity index (χ3v) is 3.62. The van der Waals surface area contributed by atoms with Crippen LogP contribution < -0.4 is 4.74 Å². The van der Waals surface area contributed by atoms with Crippen molar-refractivity contribution in [3.63, 3.8) is 0 Å². The van der Waals surface area contributed by atoms with Gasteiger partial charge in [0.15, 0.2) is 5.69 Å². The standard InChI is InChI=1S/C17H12F6N4O/c1-2-28-13-7-10(3-4-11(13)16(18,19)20)12-8-14(17(21,22)23)26-15(25-12)27-6-5-24-9-27/h3-9H,2H2,1H3. The summed E-state index contributed by atoms with van der Waals surface area (Å²) in [5.41, 5.74) is -2.46. The number of aromatic nitrogens is 4. The SMILES string of the molecule is CCOc1cc(-c2cc(C(F)(F)F)nc(-n3ccnc3)n2)ccc1C(F)(F)F. The highest BCUT2D eigenvalue weighted by atomic mass is 19.4. The quantitative estimate of drug-likeness (QED) is 0.591. The second-order valence-electron chi connectivity index (χ2n) is 5.55. The maximum absolute atomic E-state index is 13.2. The minimum Gasteiger partial charge on any atom is -0.493 e. The smallest absolute Gasteiger partial charge is 0.433 e. The second-order valence-corrected chi connectivity index (χ2v) is 5.55. The van der Waals surface area contributed by atoms with E-state index in [1.165, 1.54) is 25.6 Å². The molecule has 0 spiro atoms. The molecule has 2 aromatic heterocycles. The Morgan fingerprint density at radius 2 is 1.75 bits per heavy atom. The molecular weight excluding hydrogens is 390 g/mol. The minimum absolute atomic E-state index is 0.0192. The van der Waals surface area contributed by atoms with Crippen LogP contribution in [-0.2, 0) is 12.4 Å². The lowest BCUT2D eigenvalue weighted by molar-refractivity contribution is -0.141. The molecule has 1 aromatic carbocycles. The molecular formula is C17H12F6N4O. The number of ether oxygens (including phenoxy) is 1. The molecule has 0 fully saturated rings. The van der Waals surface area contributed by atoms with Crippen molar-refractivity contribution in [2.75, 3.05) is 6.61 Å². The van der Waals surface area contributed by atoms with Crippen LogP contribution in [-0.4, -0.2) is 26.1 Å². The summed E-state index contributed by atoms with van der Waals surface area (Å²) < 4.78 is 85.2. The zero-order chi connectivity index (χ0) is 20.5. The molecule has 11 heteroatoms. The molecule has 0 saturated carbocycles. The Hall–Kier alpha value is -3.11. The fourth-order valence-corrected chi connectivity index (χ4v) is 2.41. The summed E-state index contributed by atoms with van der Waals surface area (Å²) in [6.07, 6.45) is -5.57. The van der Waals surface area contributed by atoms with E-state index in [-0.39, 0.29) is 23.8 Å². The molecule has 0 unspecified atom stereocenters. The van der Waals surface area contributed by atoms with Gasteiger partial charge in [-0.1, -0.05) is 6.07 Å². The Morgan fingerprint density at radius 1 is 1.00 bits per heavy atom. The number of alkyl halides is 6. The van der Waals surface area contributed by atoms with Crippen molar-refractivity contribution in [3.8, 4) is 23.0 Å². The van der Waals surface area contributed by atoms with Crippen LogP contribution in [0.15, 0.2) is 43.0 Å². The molecule has 2 heterocycles. The monoisotopic (exact) mass is 402 g/mol. The molecule has 28 heavy (non-hydrogen) atoms. The molecule has 0 aliphatic carbocycles. The molecule has 0 aliphatic rings. The molecule has 0 aliphatic heterocycles. The van der Waals surface area contributed by atoms with E-state index in [1.807, 2.05) is 0 Å². The summed E-state index contributed by atoms with van der Waals surface area (Å²) in [4.78, 5) is 11.2. The first-order chi connectivity index (χ1) is 13.1. The Labute approximate surface area is 154 Å². The lowest BCUT2D eigenvalue weighted by Crippen LogP contribution is -2.12. The van der Waals surface area contributed by atoms with Gasteiger partial charge in [-0.25, -0.2) is 15.0 Å². The maximum atomic E-state index is 13.2. The summed E-state index contributed by atoms with van der Waals surface area (Å²) in [6.45, 7) is 1.45. The van der Waals surface area contributed by atoms with Crippen LogP contribution in [0, 0.1) is 0 Å². The van der Waals surface area contributed by atoms with Crippen molar-refractivity contribution in [1.82, 2.24) is 19.5 Å². The molecule has 0 bridgehead atoms. The lowest BCUT2D eigenvalue weighted by Gasteiger charge is -2.15. The highest BCUT2D eigenvalue weighted by Gasteiger charge is 2.36. The fraction of sp³-hybridized carbons (Fsp3) is 0.235. The van der Waals surface area contributed by atoms with Gasteiger partial charge in [0.1, 0.15) is 12.1 Å². The van der Waals surface area contributed by atoms with Gasteiger partial charge < -0.3 is 4.74 Å². The molecule has 5 nitrogen and oxygen atoms in total. The Bertz CT molecular complexity index is 967. The fourth-order valence-electron chi connectivity index (χ4n) is 2.41. The Balaban J connectivity index is 2.17. The van der Waals surface area contributed by atoms with E-state index in [2.05, 4.69) is 15.0 Å². The average Bonchev–Trinajstić information content (AvgIpc) is 3.14. The first-order valence-corrected chi connectivity index (χ1v) is 7.88. The van der Waals surface area contributed by atoms with Crippen LogP contribution in [0.1, 0.15) is 18.2 Å². The predicted molar refractivity (Wildman–Crippen MR) is 85.8 cm³/mol. The van der Waals surface area contributed by atoms with E-state index in [0.717, 1.165) is 22.8 Å². The number of nitrogens with zero attached hydrogens (tertiary/aromatic N) is 4. The van der Waals surface area contributed by atoms with Gasteiger partial charge in [0.05, 0.1) is 17.9 Å². The number of imidazole rings is 1. The summed E-state index contributed by atoms with van der Waals surface area (Å²) in [5.74, 6) is -0.816. The number of rotatable bonds is 4. The van der Waals surface area contributed by atoms with Gasteiger partial charge in [0, 0.05) is 18.0 Å². The number of benzene rings is 1. The third kappa shape index (κ3) is 4.07. The highest BCUT2D eigenvalue weighted by molar-refractivity contribution is 5.64. The van der Waals surface area contributed by atoms with Gasteiger partial charge in [-0.05, 0) is 25.1 Å². The minimum atomic E-state index is -4.78. The number of hydrogen-bond donors (Lipinski definition) is 0. The van der Waals surface area contributed by atoms with Gasteiger partial charge in [0.25, 0.3) is 0 Å². The van der Waals surface area contributed by atoms with E-state index in [9.17, 15) is 26.3 Å². The summed E-state index contributed by atoms with van der Waals surface area (Å²) in [7, 11) is 0. The topological polar surface area (TPSA) is 52.8 Å². The lowest BCUT2D eigenvalue weighted by atomic mass is 10.1. The van der Waals surface area contributed by atoms with Gasteiger partial charge in [-0.3, -0.25) is 4.57 Å². The summed E-state index contributed by atoms with van der Waals surface area (Å²) in [5, 5.41) is 0. The molecule has 0 atom stereocenters. The maximum Gasteiger partial charge on any atom is 0.433 e. The molecule has 0 N–H and O–H groups in total. The number of halogens is 6. The zero-order valence-corrected chi connectivity index (χ0v) is 14.2. The van der Waals surface area contributed by atoms with Crippen LogP contribution in [0.3, 0.4) is 0 Å². The summed E-state index contributed by atoms with van der Waals surface area (Å²) in [6, 6.07) is 3.45. The largest absolute Gasteiger partial charge is 0.493 e. The third-order valence-electron chi connectivity index (χ3n) is 3.62. The van der Waals surface area contributed by atoms with E-state index in [0.29, 0.717) is 6.07 Å². The predicted octanol–water partition coefficient (Wildman–Crippen LogP) is 4.77. The first-order valence-electron chi connectivity index (χ1n) is 7.88. The van der Waals surface area contributed by atoms with Crippen molar-refractivity contribution >= 4 is 0 Å². The Morgan fingerprint density at radius 3 is 2.32 bits per heavy atom. The van der Waals surface area contributed by atoms with Crippen LogP contribution in [0.5, 0.6) is 5.75 Å². The van der Waals surface area contributed by atoms with Crippen molar-refractivity contribution in [3.05, 3.63) is 54.2 Å². The van der Waals surface area contributed by atoms with Gasteiger partial charge in [0.2, 0.25) is 5.95 Å². The van der Waals surface area contributed by atoms with E-state index < -0.39 is 29.4 Å². The number of hydrogen-bond acceptors (Lipinski definition) is 4. The van der Waals surface area contributed by atoms with Crippen LogP contribution >= 0.6 is 0 Å². The van der Waals surface area contributed by atoms with Gasteiger partial charge in [-0.2, -0.15) is 26.3 Å². The van der Waals surface area contributed by atoms with Crippen molar-refractivity contribution in [2.24, 2.45) is 0 Å². The summed E-state index contributed by atoms with van der Waals surface area (Å²) >= 11 is 0. The second kappa shape index (κ2) is 7.13. The Kier molecular flexibility index (Phi) is 5.01. The average molecular weight is 402 g/mol. The zero-order valence-electron chi connectivity index (χ0n) is 14.2. The molecule has 0 saturated heterocycles. The normalized spacial score (nSPS) is 12.2. The van der Waals surface area contributed by atoms with E-state index in [1.54, 1.807) is 0 Å². The van der Waals surface area contributed by atoms with E-state index >= 15 is 0 Å². The van der Waals surface area contributed by atoms with Crippen molar-refractivity contribution in [1.29, 1.82) is 0 Å². The first kappa shape index (κ1) is 19.6. The molecule has 148 valence electrons.